The average Bonchev–Trinajstić information content (AvgIpc) is 3.35. The molecule has 2 aromatic carbocycles. The summed E-state index contributed by atoms with van der Waals surface area (Å²) in [5.74, 6) is -0.126. The Bertz CT molecular complexity index is 1750. The van der Waals surface area contributed by atoms with Crippen molar-refractivity contribution in [2.24, 2.45) is 11.8 Å². The van der Waals surface area contributed by atoms with Gasteiger partial charge in [0.25, 0.3) is 15.9 Å². The molecule has 2 atom stereocenters. The number of rotatable bonds is 10. The van der Waals surface area contributed by atoms with Crippen molar-refractivity contribution in [1.82, 2.24) is 14.7 Å². The van der Waals surface area contributed by atoms with E-state index in [1.165, 1.54) is 42.0 Å². The minimum Gasteiger partial charge on any atom is -0.493 e. The molecule has 0 aliphatic carbocycles. The Morgan fingerprint density at radius 2 is 1.84 bits per heavy atom. The summed E-state index contributed by atoms with van der Waals surface area (Å²) >= 11 is 0. The molecule has 3 N–H and O–H groups in total. The zero-order valence-corrected chi connectivity index (χ0v) is 25.7. The van der Waals surface area contributed by atoms with Crippen LogP contribution < -0.4 is 20.1 Å². The maximum absolute atomic E-state index is 14.7. The molecule has 0 saturated carbocycles. The first-order valence-electron chi connectivity index (χ1n) is 14.5. The predicted molar refractivity (Wildman–Crippen MR) is 168 cm³/mol. The van der Waals surface area contributed by atoms with Crippen molar-refractivity contribution in [1.29, 1.82) is 0 Å². The molecule has 9 nitrogen and oxygen atoms in total. The van der Waals surface area contributed by atoms with E-state index in [1.807, 2.05) is 36.9 Å². The summed E-state index contributed by atoms with van der Waals surface area (Å²) in [6.45, 7) is 7.10. The number of halogens is 1. The summed E-state index contributed by atoms with van der Waals surface area (Å²) in [6.07, 6.45) is 1.69. The number of hydrogen-bond donors (Lipinski definition) is 2. The molecule has 1 amide bonds. The third-order valence-corrected chi connectivity index (χ3v) is 8.88. The first kappa shape index (κ1) is 30.9. The van der Waals surface area contributed by atoms with Gasteiger partial charge < -0.3 is 15.4 Å². The lowest BCUT2D eigenvalue weighted by Crippen LogP contribution is -2.36. The van der Waals surface area contributed by atoms with Crippen molar-refractivity contribution >= 4 is 27.6 Å². The Hall–Kier alpha value is -4.51. The number of nitrogens with zero attached hydrogens (tertiary/aromatic N) is 3. The van der Waals surface area contributed by atoms with E-state index in [2.05, 4.69) is 28.8 Å². The zero-order chi connectivity index (χ0) is 31.4. The standard InChI is InChI=1S/C33H36FN5O4S/c1-21(2)20-43-27-18-25(17-26(34)19-27)29-13-12-28(33(40)38-44(41,42)31-11-7-10-30(35)37-31)32(36-29)39-15-14-24(22(39)3)16-23-8-5-4-6-9-23/h4-13,17-19,21-22,24H,14-16,20H2,1-3H3,(H2,35,37)(H,38,40). The minimum atomic E-state index is -4.33. The molecule has 230 valence electrons. The number of hydrogen-bond acceptors (Lipinski definition) is 8. The Labute approximate surface area is 257 Å². The fraction of sp³-hybridized carbons (Fsp3) is 0.303. The monoisotopic (exact) mass is 617 g/mol. The topological polar surface area (TPSA) is 128 Å². The number of sulfonamides is 1. The summed E-state index contributed by atoms with van der Waals surface area (Å²) in [4.78, 5) is 24.3. The smallest absolute Gasteiger partial charge is 0.281 e. The van der Waals surface area contributed by atoms with Gasteiger partial charge in [-0.1, -0.05) is 50.2 Å². The van der Waals surface area contributed by atoms with Crippen LogP contribution in [-0.2, 0) is 16.4 Å². The van der Waals surface area contributed by atoms with Gasteiger partial charge in [-0.05, 0) is 73.6 Å². The molecule has 5 rings (SSSR count). The van der Waals surface area contributed by atoms with Gasteiger partial charge in [0.15, 0.2) is 5.03 Å². The quantitative estimate of drug-likeness (QED) is 0.240. The molecule has 4 aromatic rings. The molecule has 1 aliphatic rings. The van der Waals surface area contributed by atoms with Gasteiger partial charge >= 0.3 is 0 Å². The van der Waals surface area contributed by atoms with E-state index in [-0.39, 0.29) is 34.3 Å². The van der Waals surface area contributed by atoms with Gasteiger partial charge in [0.1, 0.15) is 23.2 Å². The van der Waals surface area contributed by atoms with Crippen LogP contribution in [-0.4, -0.2) is 43.5 Å². The van der Waals surface area contributed by atoms with Crippen molar-refractivity contribution in [2.75, 3.05) is 23.8 Å². The van der Waals surface area contributed by atoms with Crippen LogP contribution in [0.15, 0.2) is 83.9 Å². The summed E-state index contributed by atoms with van der Waals surface area (Å²) < 4.78 is 48.7. The predicted octanol–water partition coefficient (Wildman–Crippen LogP) is 5.48. The van der Waals surface area contributed by atoms with Gasteiger partial charge in [-0.25, -0.2) is 19.1 Å². The van der Waals surface area contributed by atoms with Crippen LogP contribution in [0.2, 0.25) is 0 Å². The number of pyridine rings is 2. The second-order valence-electron chi connectivity index (χ2n) is 11.5. The molecular weight excluding hydrogens is 581 g/mol. The maximum atomic E-state index is 14.7. The van der Waals surface area contributed by atoms with E-state index in [0.717, 1.165) is 12.8 Å². The lowest BCUT2D eigenvalue weighted by molar-refractivity contribution is 0.0981. The fourth-order valence-electron chi connectivity index (χ4n) is 5.36. The number of nitrogen functional groups attached to an aromatic ring is 1. The van der Waals surface area contributed by atoms with Gasteiger partial charge in [-0.15, -0.1) is 0 Å². The van der Waals surface area contributed by atoms with Crippen molar-refractivity contribution in [3.63, 3.8) is 0 Å². The molecule has 2 unspecified atom stereocenters. The van der Waals surface area contributed by atoms with Crippen LogP contribution in [0.1, 0.15) is 43.1 Å². The number of amides is 1. The number of ether oxygens (including phenoxy) is 1. The molecule has 0 spiro atoms. The minimum absolute atomic E-state index is 0.00854. The largest absolute Gasteiger partial charge is 0.493 e. The Morgan fingerprint density at radius 3 is 2.57 bits per heavy atom. The molecule has 2 aromatic heterocycles. The van der Waals surface area contributed by atoms with Crippen molar-refractivity contribution in [2.45, 2.75) is 44.7 Å². The number of carbonyl (C=O) groups is 1. The first-order chi connectivity index (χ1) is 21.0. The molecule has 0 bridgehead atoms. The zero-order valence-electron chi connectivity index (χ0n) is 24.9. The van der Waals surface area contributed by atoms with Gasteiger partial charge in [-0.3, -0.25) is 4.79 Å². The van der Waals surface area contributed by atoms with Crippen molar-refractivity contribution < 1.29 is 22.3 Å². The summed E-state index contributed by atoms with van der Waals surface area (Å²) in [6, 6.07) is 21.8. The number of anilines is 2. The third-order valence-electron chi connectivity index (χ3n) is 7.65. The molecule has 1 fully saturated rings. The summed E-state index contributed by atoms with van der Waals surface area (Å²) in [7, 11) is -4.33. The molecule has 44 heavy (non-hydrogen) atoms. The number of benzene rings is 2. The highest BCUT2D eigenvalue weighted by Gasteiger charge is 2.35. The second-order valence-corrected chi connectivity index (χ2v) is 13.1. The fourth-order valence-corrected chi connectivity index (χ4v) is 6.31. The SMILES string of the molecule is CC(C)COc1cc(F)cc(-c2ccc(C(=O)NS(=O)(=O)c3cccc(N)n3)c(N3CCC(Cc4ccccc4)C3C)n2)c1. The van der Waals surface area contributed by atoms with E-state index in [1.54, 1.807) is 12.1 Å². The van der Waals surface area contributed by atoms with Crippen LogP contribution >= 0.6 is 0 Å². The molecule has 0 radical (unpaired) electrons. The van der Waals surface area contributed by atoms with E-state index in [4.69, 9.17) is 15.5 Å². The highest BCUT2D eigenvalue weighted by Crippen LogP contribution is 2.35. The van der Waals surface area contributed by atoms with Crippen molar-refractivity contribution in [3.8, 4) is 17.0 Å². The summed E-state index contributed by atoms with van der Waals surface area (Å²) in [5, 5.41) is -0.372. The van der Waals surface area contributed by atoms with Crippen LogP contribution in [0.25, 0.3) is 11.3 Å². The second kappa shape index (κ2) is 13.0. The van der Waals surface area contributed by atoms with Crippen molar-refractivity contribution in [3.05, 3.63) is 95.8 Å². The molecule has 11 heteroatoms. The highest BCUT2D eigenvalue weighted by molar-refractivity contribution is 7.90. The van der Waals surface area contributed by atoms with Gasteiger partial charge in [0, 0.05) is 24.2 Å². The maximum Gasteiger partial charge on any atom is 0.281 e. The third kappa shape index (κ3) is 7.16. The lowest BCUT2D eigenvalue weighted by Gasteiger charge is -2.28. The average molecular weight is 618 g/mol. The van der Waals surface area contributed by atoms with E-state index in [9.17, 15) is 17.6 Å². The molecule has 1 aliphatic heterocycles. The van der Waals surface area contributed by atoms with Crippen LogP contribution in [0.5, 0.6) is 5.75 Å². The van der Waals surface area contributed by atoms with Crippen LogP contribution in [0.4, 0.5) is 16.0 Å². The summed E-state index contributed by atoms with van der Waals surface area (Å²) in [5.41, 5.74) is 7.85. The molecule has 1 saturated heterocycles. The number of carbonyl (C=O) groups excluding carboxylic acids is 1. The number of nitrogens with two attached hydrogens (primary N) is 1. The first-order valence-corrected chi connectivity index (χ1v) is 16.0. The van der Waals surface area contributed by atoms with Gasteiger partial charge in [0.2, 0.25) is 0 Å². The lowest BCUT2D eigenvalue weighted by atomic mass is 9.93. The highest BCUT2D eigenvalue weighted by atomic mass is 32.2. The number of nitrogens with one attached hydrogen (secondary N) is 1. The number of aromatic nitrogens is 2. The van der Waals surface area contributed by atoms with Gasteiger partial charge in [0.05, 0.1) is 17.9 Å². The Balaban J connectivity index is 1.51. The van der Waals surface area contributed by atoms with E-state index >= 15 is 0 Å². The van der Waals surface area contributed by atoms with Crippen LogP contribution in [0, 0.1) is 17.7 Å². The van der Waals surface area contributed by atoms with Crippen LogP contribution in [0.3, 0.4) is 0 Å². The van der Waals surface area contributed by atoms with Gasteiger partial charge in [-0.2, -0.15) is 8.42 Å². The normalized spacial score (nSPS) is 16.7. The Kier molecular flexibility index (Phi) is 9.14. The van der Waals surface area contributed by atoms with E-state index < -0.39 is 21.7 Å². The molecular formula is C33H36FN5O4S. The molecule has 3 heterocycles. The van der Waals surface area contributed by atoms with E-state index in [0.29, 0.717) is 36.0 Å². The Morgan fingerprint density at radius 1 is 1.07 bits per heavy atom.